The molecule has 5 heteroatoms. The quantitative estimate of drug-likeness (QED) is 0.315. The minimum absolute atomic E-state index is 0. The Morgan fingerprint density at radius 1 is 1.44 bits per heavy atom. The van der Waals surface area contributed by atoms with Gasteiger partial charge in [-0.15, -0.1) is 0 Å². The zero-order valence-corrected chi connectivity index (χ0v) is 13.3. The van der Waals surface area contributed by atoms with Crippen LogP contribution in [0.3, 0.4) is 0 Å². The second-order valence-electron chi connectivity index (χ2n) is 3.39. The molecule has 1 aliphatic rings. The number of carbonyl (C=O) groups is 1. The van der Waals surface area contributed by atoms with E-state index in [4.69, 9.17) is 14.2 Å². The molecule has 0 N–H and O–H groups in total. The van der Waals surface area contributed by atoms with E-state index in [1.165, 1.54) is 18.2 Å². The molecule has 0 spiro atoms. The number of carbonyl (C=O) groups excluding carboxylic acids is 1. The first-order valence-electron chi connectivity index (χ1n) is 5.14. The molecule has 0 atom stereocenters. The zero-order valence-electron chi connectivity index (χ0n) is 11.2. The summed E-state index contributed by atoms with van der Waals surface area (Å²) >= 11 is 0. The van der Waals surface area contributed by atoms with E-state index in [2.05, 4.69) is 6.58 Å². The third-order valence-corrected chi connectivity index (χ3v) is 2.19. The molecule has 0 aromatic heterocycles. The topological polar surface area (TPSA) is 44.8 Å². The van der Waals surface area contributed by atoms with Gasteiger partial charge in [0.1, 0.15) is 6.61 Å². The summed E-state index contributed by atoms with van der Waals surface area (Å²) in [6.45, 7) is 3.91. The Labute approximate surface area is 150 Å². The summed E-state index contributed by atoms with van der Waals surface area (Å²) in [6, 6.07) is 5.43. The molecule has 0 radical (unpaired) electrons. The van der Waals surface area contributed by atoms with Gasteiger partial charge >= 0.3 is 57.4 Å². The molecule has 1 aliphatic heterocycles. The largest absolute Gasteiger partial charge is 1.00 e. The third kappa shape index (κ3) is 4.26. The predicted octanol–water partition coefficient (Wildman–Crippen LogP) is -0.683. The molecule has 0 bridgehead atoms. The molecule has 0 saturated heterocycles. The number of hydrogen-bond acceptors (Lipinski definition) is 4. The third-order valence-electron chi connectivity index (χ3n) is 2.19. The van der Waals surface area contributed by atoms with Crippen molar-refractivity contribution in [1.29, 1.82) is 0 Å². The Bertz CT molecular complexity index is 474. The molecule has 4 nitrogen and oxygen atoms in total. The summed E-state index contributed by atoms with van der Waals surface area (Å²) in [5, 5.41) is 0. The monoisotopic (exact) mass is 272 g/mol. The molecule has 0 aliphatic carbocycles. The standard InChI is InChI=1S/C13H12O4.K.H/c1-2-3-4-13(14)15-8-10-5-6-11-12(7-10)17-9-16-11;;/h2-7H,1,8-9H2;;/q;+1;-1. The van der Waals surface area contributed by atoms with Gasteiger partial charge in [-0.2, -0.15) is 0 Å². The van der Waals surface area contributed by atoms with Gasteiger partial charge in [0.25, 0.3) is 0 Å². The van der Waals surface area contributed by atoms with Gasteiger partial charge in [-0.05, 0) is 17.7 Å². The van der Waals surface area contributed by atoms with Crippen LogP contribution in [0.5, 0.6) is 11.5 Å². The van der Waals surface area contributed by atoms with E-state index < -0.39 is 5.97 Å². The number of benzene rings is 1. The van der Waals surface area contributed by atoms with E-state index in [0.29, 0.717) is 11.5 Å². The van der Waals surface area contributed by atoms with E-state index in [1.807, 2.05) is 6.07 Å². The van der Waals surface area contributed by atoms with E-state index in [-0.39, 0.29) is 66.2 Å². The fraction of sp³-hybridized carbons (Fsp3) is 0.154. The van der Waals surface area contributed by atoms with Gasteiger partial charge in [-0.3, -0.25) is 0 Å². The molecule has 0 fully saturated rings. The molecular weight excluding hydrogens is 259 g/mol. The maximum Gasteiger partial charge on any atom is 1.00 e. The molecule has 1 aromatic carbocycles. The van der Waals surface area contributed by atoms with Gasteiger partial charge in [0.2, 0.25) is 6.79 Å². The fourth-order valence-electron chi connectivity index (χ4n) is 1.38. The van der Waals surface area contributed by atoms with Gasteiger partial charge in [-0.25, -0.2) is 4.79 Å². The molecule has 0 unspecified atom stereocenters. The molecule has 0 amide bonds. The van der Waals surface area contributed by atoms with Crippen LogP contribution in [0.4, 0.5) is 0 Å². The summed E-state index contributed by atoms with van der Waals surface area (Å²) in [6.07, 6.45) is 4.36. The molecule has 18 heavy (non-hydrogen) atoms. The van der Waals surface area contributed by atoms with Crippen LogP contribution in [0.2, 0.25) is 0 Å². The maximum absolute atomic E-state index is 11.2. The van der Waals surface area contributed by atoms with Crippen LogP contribution < -0.4 is 60.9 Å². The first-order chi connectivity index (χ1) is 8.29. The van der Waals surface area contributed by atoms with Crippen molar-refractivity contribution in [2.24, 2.45) is 0 Å². The number of allylic oxidation sites excluding steroid dienone is 2. The van der Waals surface area contributed by atoms with Gasteiger partial charge < -0.3 is 15.6 Å². The summed E-state index contributed by atoms with van der Waals surface area (Å²) in [5.41, 5.74) is 0.856. The summed E-state index contributed by atoms with van der Waals surface area (Å²) in [7, 11) is 0. The van der Waals surface area contributed by atoms with Crippen LogP contribution >= 0.6 is 0 Å². The second-order valence-corrected chi connectivity index (χ2v) is 3.39. The molecule has 0 saturated carbocycles. The van der Waals surface area contributed by atoms with Crippen molar-refractivity contribution in [1.82, 2.24) is 0 Å². The summed E-state index contributed by atoms with van der Waals surface area (Å²) in [5.74, 6) is 0.995. The van der Waals surface area contributed by atoms with Crippen molar-refractivity contribution in [2.75, 3.05) is 6.79 Å². The average molecular weight is 272 g/mol. The van der Waals surface area contributed by atoms with E-state index in [1.54, 1.807) is 12.1 Å². The van der Waals surface area contributed by atoms with Crippen LogP contribution in [0.15, 0.2) is 43.0 Å². The molecular formula is C13H13KO4. The smallest absolute Gasteiger partial charge is 1.00 e. The Morgan fingerprint density at radius 3 is 3.00 bits per heavy atom. The van der Waals surface area contributed by atoms with E-state index in [9.17, 15) is 4.79 Å². The van der Waals surface area contributed by atoms with Gasteiger partial charge in [-0.1, -0.05) is 24.8 Å². The summed E-state index contributed by atoms with van der Waals surface area (Å²) < 4.78 is 15.4. The van der Waals surface area contributed by atoms with Crippen molar-refractivity contribution >= 4 is 5.97 Å². The summed E-state index contributed by atoms with van der Waals surface area (Å²) in [4.78, 5) is 11.2. The Morgan fingerprint density at radius 2 is 2.22 bits per heavy atom. The predicted molar refractivity (Wildman–Crippen MR) is 62.8 cm³/mol. The van der Waals surface area contributed by atoms with Crippen LogP contribution in [0.25, 0.3) is 0 Å². The van der Waals surface area contributed by atoms with Crippen LogP contribution in [-0.2, 0) is 16.1 Å². The van der Waals surface area contributed by atoms with Crippen LogP contribution in [0.1, 0.15) is 6.99 Å². The fourth-order valence-corrected chi connectivity index (χ4v) is 1.38. The average Bonchev–Trinajstić information content (AvgIpc) is 2.81. The zero-order chi connectivity index (χ0) is 12.1. The minimum atomic E-state index is -0.400. The first kappa shape index (κ1) is 15.5. The molecule has 2 rings (SSSR count). The van der Waals surface area contributed by atoms with E-state index in [0.717, 1.165) is 5.56 Å². The Hall–Kier alpha value is -0.594. The van der Waals surface area contributed by atoms with Crippen molar-refractivity contribution < 1.29 is 71.8 Å². The normalized spacial score (nSPS) is 12.0. The Kier molecular flexibility index (Phi) is 6.66. The number of hydrogen-bond donors (Lipinski definition) is 0. The second kappa shape index (κ2) is 7.76. The van der Waals surface area contributed by atoms with Crippen molar-refractivity contribution in [2.45, 2.75) is 6.61 Å². The molecule has 90 valence electrons. The van der Waals surface area contributed by atoms with Crippen molar-refractivity contribution in [3.05, 3.63) is 48.6 Å². The van der Waals surface area contributed by atoms with Gasteiger partial charge in [0.15, 0.2) is 11.5 Å². The number of ether oxygens (including phenoxy) is 3. The maximum atomic E-state index is 11.2. The van der Waals surface area contributed by atoms with Crippen LogP contribution in [-0.4, -0.2) is 12.8 Å². The Balaban J connectivity index is 0.00000162. The van der Waals surface area contributed by atoms with Crippen molar-refractivity contribution in [3.8, 4) is 11.5 Å². The first-order valence-corrected chi connectivity index (χ1v) is 5.14. The van der Waals surface area contributed by atoms with Gasteiger partial charge in [0, 0.05) is 6.08 Å². The van der Waals surface area contributed by atoms with Gasteiger partial charge in [0.05, 0.1) is 0 Å². The number of rotatable bonds is 4. The minimum Gasteiger partial charge on any atom is -1.00 e. The molecule has 1 heterocycles. The van der Waals surface area contributed by atoms with E-state index >= 15 is 0 Å². The molecule has 1 aromatic rings. The van der Waals surface area contributed by atoms with Crippen molar-refractivity contribution in [3.63, 3.8) is 0 Å². The number of esters is 1. The van der Waals surface area contributed by atoms with Crippen LogP contribution in [0, 0.1) is 0 Å². The SMILES string of the molecule is C=CC=CC(=O)OCc1ccc2c(c1)OCO2.[H-].[K+]. The number of fused-ring (bicyclic) bond motifs is 1.